The second-order valence-corrected chi connectivity index (χ2v) is 6.39. The molecule has 0 radical (unpaired) electrons. The van der Waals surface area contributed by atoms with Gasteiger partial charge in [0.15, 0.2) is 0 Å². The Morgan fingerprint density at radius 1 is 1.32 bits per heavy atom. The van der Waals surface area contributed by atoms with Crippen LogP contribution in [0.2, 0.25) is 0 Å². The maximum absolute atomic E-state index is 12.3. The fraction of sp³-hybridized carbons (Fsp3) is 0.667. The molecular weight excluding hydrogens is 268 g/mol. The highest BCUT2D eigenvalue weighted by Crippen LogP contribution is 2.17. The van der Waals surface area contributed by atoms with Crippen LogP contribution >= 0.6 is 0 Å². The zero-order chi connectivity index (χ0) is 13.7. The summed E-state index contributed by atoms with van der Waals surface area (Å²) in [7, 11) is -3.58. The van der Waals surface area contributed by atoms with E-state index in [1.165, 1.54) is 10.6 Å². The van der Waals surface area contributed by atoms with Gasteiger partial charge in [-0.25, -0.2) is 0 Å². The minimum absolute atomic E-state index is 0.333. The van der Waals surface area contributed by atoms with Crippen molar-refractivity contribution in [2.24, 2.45) is 0 Å². The Hall–Kier alpha value is -0.890. The Balaban J connectivity index is 2.06. The largest absolute Gasteiger partial charge is 0.468 e. The molecule has 108 valence electrons. The molecule has 19 heavy (non-hydrogen) atoms. The fourth-order valence-corrected chi connectivity index (χ4v) is 3.65. The van der Waals surface area contributed by atoms with Crippen LogP contribution in [0.5, 0.6) is 0 Å². The first kappa shape index (κ1) is 14.5. The van der Waals surface area contributed by atoms with E-state index in [9.17, 15) is 13.5 Å². The molecule has 1 aromatic rings. The van der Waals surface area contributed by atoms with Gasteiger partial charge in [0.1, 0.15) is 11.8 Å². The molecule has 7 heteroatoms. The first-order chi connectivity index (χ1) is 9.13. The topological polar surface area (TPSA) is 82.8 Å². The molecule has 1 aromatic heterocycles. The molecule has 6 nitrogen and oxygen atoms in total. The SMILES string of the molecule is O=S(=O)(NC(CO)c1ccco1)N1CCCCCC1. The normalized spacial score (nSPS) is 20.1. The van der Waals surface area contributed by atoms with Gasteiger partial charge in [0, 0.05) is 13.1 Å². The standard InChI is InChI=1S/C12H20N2O4S/c15-10-11(12-6-5-9-18-12)13-19(16,17)14-7-3-1-2-4-8-14/h5-6,9,11,13,15H,1-4,7-8,10H2. The molecule has 1 fully saturated rings. The lowest BCUT2D eigenvalue weighted by Crippen LogP contribution is -2.43. The van der Waals surface area contributed by atoms with Crippen molar-refractivity contribution in [3.05, 3.63) is 24.2 Å². The lowest BCUT2D eigenvalue weighted by molar-refractivity contribution is 0.239. The average molecular weight is 288 g/mol. The quantitative estimate of drug-likeness (QED) is 0.847. The van der Waals surface area contributed by atoms with Crippen molar-refractivity contribution >= 4 is 10.2 Å². The van der Waals surface area contributed by atoms with Crippen LogP contribution in [0.1, 0.15) is 37.5 Å². The van der Waals surface area contributed by atoms with Crippen molar-refractivity contribution < 1.29 is 17.9 Å². The smallest absolute Gasteiger partial charge is 0.280 e. The van der Waals surface area contributed by atoms with Crippen molar-refractivity contribution in [3.8, 4) is 0 Å². The Morgan fingerprint density at radius 3 is 2.53 bits per heavy atom. The molecule has 0 bridgehead atoms. The highest BCUT2D eigenvalue weighted by Gasteiger charge is 2.27. The summed E-state index contributed by atoms with van der Waals surface area (Å²) in [5, 5.41) is 9.31. The minimum atomic E-state index is -3.58. The molecule has 2 heterocycles. The second-order valence-electron chi connectivity index (χ2n) is 4.69. The molecule has 0 aliphatic carbocycles. The molecule has 2 N–H and O–H groups in total. The van der Waals surface area contributed by atoms with Crippen molar-refractivity contribution in [1.29, 1.82) is 0 Å². The number of aliphatic hydroxyl groups excluding tert-OH is 1. The van der Waals surface area contributed by atoms with Gasteiger partial charge in [0.2, 0.25) is 0 Å². The number of nitrogens with zero attached hydrogens (tertiary/aromatic N) is 1. The Labute approximate surface area is 113 Å². The van der Waals surface area contributed by atoms with E-state index >= 15 is 0 Å². The molecule has 0 saturated carbocycles. The van der Waals surface area contributed by atoms with Crippen LogP contribution in [0.3, 0.4) is 0 Å². The molecule has 1 aliphatic rings. The predicted octanol–water partition coefficient (Wildman–Crippen LogP) is 1.02. The van der Waals surface area contributed by atoms with Gasteiger partial charge in [-0.3, -0.25) is 0 Å². The lowest BCUT2D eigenvalue weighted by atomic mass is 10.2. The van der Waals surface area contributed by atoms with E-state index in [2.05, 4.69) is 4.72 Å². The minimum Gasteiger partial charge on any atom is -0.468 e. The number of hydrogen-bond donors (Lipinski definition) is 2. The third-order valence-electron chi connectivity index (χ3n) is 3.27. The molecule has 1 unspecified atom stereocenters. The van der Waals surface area contributed by atoms with Crippen LogP contribution in [-0.4, -0.2) is 37.5 Å². The van der Waals surface area contributed by atoms with E-state index in [1.54, 1.807) is 12.1 Å². The van der Waals surface area contributed by atoms with Gasteiger partial charge in [0.25, 0.3) is 10.2 Å². The number of hydrogen-bond acceptors (Lipinski definition) is 4. The second kappa shape index (κ2) is 6.51. The molecule has 2 rings (SSSR count). The lowest BCUT2D eigenvalue weighted by Gasteiger charge is -2.23. The average Bonchev–Trinajstić information content (AvgIpc) is 2.77. The highest BCUT2D eigenvalue weighted by molar-refractivity contribution is 7.87. The molecule has 0 spiro atoms. The summed E-state index contributed by atoms with van der Waals surface area (Å²) in [6, 6.07) is 2.58. The van der Waals surface area contributed by atoms with Gasteiger partial charge in [0.05, 0.1) is 12.9 Å². The Bertz CT molecular complexity index is 464. The number of nitrogens with one attached hydrogen (secondary N) is 1. The zero-order valence-electron chi connectivity index (χ0n) is 10.8. The highest BCUT2D eigenvalue weighted by atomic mass is 32.2. The molecule has 0 amide bonds. The van der Waals surface area contributed by atoms with Crippen LogP contribution in [0.25, 0.3) is 0 Å². The summed E-state index contributed by atoms with van der Waals surface area (Å²) in [6.45, 7) is 0.734. The summed E-state index contributed by atoms with van der Waals surface area (Å²) in [5.74, 6) is 0.417. The van der Waals surface area contributed by atoms with E-state index in [-0.39, 0.29) is 6.61 Å². The third-order valence-corrected chi connectivity index (χ3v) is 4.89. The number of rotatable bonds is 5. The summed E-state index contributed by atoms with van der Waals surface area (Å²) < 4.78 is 33.6. The van der Waals surface area contributed by atoms with Gasteiger partial charge in [-0.15, -0.1) is 0 Å². The first-order valence-corrected chi connectivity index (χ1v) is 7.99. The molecule has 1 atom stereocenters. The van der Waals surface area contributed by atoms with Crippen LogP contribution < -0.4 is 4.72 Å². The van der Waals surface area contributed by atoms with Crippen LogP contribution in [-0.2, 0) is 10.2 Å². The first-order valence-electron chi connectivity index (χ1n) is 6.55. The summed E-state index contributed by atoms with van der Waals surface area (Å²) in [6.07, 6.45) is 5.34. The van der Waals surface area contributed by atoms with Crippen molar-refractivity contribution in [2.75, 3.05) is 19.7 Å². The van der Waals surface area contributed by atoms with Crippen LogP contribution in [0, 0.1) is 0 Å². The maximum atomic E-state index is 12.3. The zero-order valence-corrected chi connectivity index (χ0v) is 11.6. The number of aliphatic hydroxyl groups is 1. The molecule has 1 aliphatic heterocycles. The Kier molecular flexibility index (Phi) is 4.98. The van der Waals surface area contributed by atoms with Crippen LogP contribution in [0.4, 0.5) is 0 Å². The van der Waals surface area contributed by atoms with Gasteiger partial charge in [-0.2, -0.15) is 17.4 Å². The predicted molar refractivity (Wildman–Crippen MR) is 70.6 cm³/mol. The maximum Gasteiger partial charge on any atom is 0.280 e. The van der Waals surface area contributed by atoms with E-state index in [1.807, 2.05) is 0 Å². The van der Waals surface area contributed by atoms with E-state index in [0.29, 0.717) is 18.8 Å². The van der Waals surface area contributed by atoms with Crippen molar-refractivity contribution in [1.82, 2.24) is 9.03 Å². The molecule has 0 aromatic carbocycles. The number of furan rings is 1. The van der Waals surface area contributed by atoms with Gasteiger partial charge in [-0.05, 0) is 25.0 Å². The Morgan fingerprint density at radius 2 is 2.00 bits per heavy atom. The fourth-order valence-electron chi connectivity index (χ4n) is 2.21. The monoisotopic (exact) mass is 288 g/mol. The van der Waals surface area contributed by atoms with Crippen molar-refractivity contribution in [3.63, 3.8) is 0 Å². The van der Waals surface area contributed by atoms with Gasteiger partial charge >= 0.3 is 0 Å². The summed E-state index contributed by atoms with van der Waals surface area (Å²) >= 11 is 0. The van der Waals surface area contributed by atoms with Crippen LogP contribution in [0.15, 0.2) is 22.8 Å². The molecular formula is C12H20N2O4S. The van der Waals surface area contributed by atoms with Crippen molar-refractivity contribution in [2.45, 2.75) is 31.7 Å². The molecule has 1 saturated heterocycles. The van der Waals surface area contributed by atoms with Gasteiger partial charge in [-0.1, -0.05) is 12.8 Å². The van der Waals surface area contributed by atoms with E-state index in [4.69, 9.17) is 4.42 Å². The van der Waals surface area contributed by atoms with E-state index < -0.39 is 16.3 Å². The van der Waals surface area contributed by atoms with Gasteiger partial charge < -0.3 is 9.52 Å². The summed E-state index contributed by atoms with van der Waals surface area (Å²) in [4.78, 5) is 0. The van der Waals surface area contributed by atoms with E-state index in [0.717, 1.165) is 25.7 Å². The summed E-state index contributed by atoms with van der Waals surface area (Å²) in [5.41, 5.74) is 0. The third kappa shape index (κ3) is 3.79.